The molecule has 3 nitrogen and oxygen atoms in total. The van der Waals surface area contributed by atoms with Crippen LogP contribution in [0.25, 0.3) is 6.08 Å². The van der Waals surface area contributed by atoms with Gasteiger partial charge in [-0.05, 0) is 32.9 Å². The van der Waals surface area contributed by atoms with Crippen molar-refractivity contribution in [2.24, 2.45) is 0 Å². The lowest BCUT2D eigenvalue weighted by Crippen LogP contribution is -2.21. The van der Waals surface area contributed by atoms with Crippen LogP contribution in [0.2, 0.25) is 0 Å². The van der Waals surface area contributed by atoms with Crippen molar-refractivity contribution in [2.45, 2.75) is 34.1 Å². The van der Waals surface area contributed by atoms with Crippen LogP contribution in [-0.2, 0) is 0 Å². The van der Waals surface area contributed by atoms with Crippen molar-refractivity contribution in [1.29, 1.82) is 0 Å². The molecule has 0 saturated carbocycles. The van der Waals surface area contributed by atoms with E-state index in [1.807, 2.05) is 6.20 Å². The molecule has 0 radical (unpaired) electrons. The predicted molar refractivity (Wildman–Crippen MR) is 82.5 cm³/mol. The Morgan fingerprint density at radius 1 is 1.33 bits per heavy atom. The van der Waals surface area contributed by atoms with Gasteiger partial charge in [-0.2, -0.15) is 0 Å². The summed E-state index contributed by atoms with van der Waals surface area (Å²) >= 11 is 1.78. The van der Waals surface area contributed by atoms with E-state index in [9.17, 15) is 0 Å². The zero-order valence-electron chi connectivity index (χ0n) is 12.0. The zero-order valence-corrected chi connectivity index (χ0v) is 12.8. The van der Waals surface area contributed by atoms with Crippen molar-refractivity contribution in [3.63, 3.8) is 0 Å². The molecular formula is C14H25N3S. The van der Waals surface area contributed by atoms with Crippen LogP contribution in [-0.4, -0.2) is 31.2 Å². The minimum Gasteiger partial charge on any atom is -0.349 e. The Hall–Kier alpha value is -0.870. The van der Waals surface area contributed by atoms with Gasteiger partial charge in [0.2, 0.25) is 0 Å². The number of anilines is 1. The van der Waals surface area contributed by atoms with Crippen LogP contribution in [0.3, 0.4) is 0 Å². The van der Waals surface area contributed by atoms with Gasteiger partial charge in [-0.15, -0.1) is 0 Å². The first-order valence-electron chi connectivity index (χ1n) is 6.85. The largest absolute Gasteiger partial charge is 0.349 e. The number of hydrogen-bond acceptors (Lipinski definition) is 4. The first-order chi connectivity index (χ1) is 8.74. The molecule has 0 aliphatic rings. The Balaban J connectivity index is 2.74. The number of rotatable bonds is 8. The summed E-state index contributed by atoms with van der Waals surface area (Å²) < 4.78 is 0. The monoisotopic (exact) mass is 267 g/mol. The molecule has 18 heavy (non-hydrogen) atoms. The van der Waals surface area contributed by atoms with Gasteiger partial charge in [0.1, 0.15) is 0 Å². The third-order valence-corrected chi connectivity index (χ3v) is 3.95. The number of nitrogens with one attached hydrogen (secondary N) is 1. The Morgan fingerprint density at radius 3 is 2.61 bits per heavy atom. The zero-order chi connectivity index (χ0) is 13.4. The van der Waals surface area contributed by atoms with Crippen LogP contribution in [0, 0.1) is 0 Å². The summed E-state index contributed by atoms with van der Waals surface area (Å²) in [5.41, 5.74) is 1.44. The van der Waals surface area contributed by atoms with E-state index < -0.39 is 0 Å². The van der Waals surface area contributed by atoms with Gasteiger partial charge in [-0.3, -0.25) is 0 Å². The second-order valence-corrected chi connectivity index (χ2v) is 5.19. The summed E-state index contributed by atoms with van der Waals surface area (Å²) in [4.78, 5) is 8.05. The molecule has 0 unspecified atom stereocenters. The maximum atomic E-state index is 4.51. The van der Waals surface area contributed by atoms with Gasteiger partial charge in [-0.1, -0.05) is 30.8 Å². The summed E-state index contributed by atoms with van der Waals surface area (Å²) in [5.74, 6) is 0. The molecule has 0 amide bonds. The van der Waals surface area contributed by atoms with Gasteiger partial charge in [0.05, 0.1) is 0 Å². The molecule has 0 fully saturated rings. The SMILES string of the molecule is CCNCC(=Cc1cnc(N(CC)CC)s1)CC. The van der Waals surface area contributed by atoms with Gasteiger partial charge >= 0.3 is 0 Å². The Kier molecular flexibility index (Phi) is 6.98. The molecule has 1 N–H and O–H groups in total. The van der Waals surface area contributed by atoms with Crippen molar-refractivity contribution in [1.82, 2.24) is 10.3 Å². The van der Waals surface area contributed by atoms with Crippen molar-refractivity contribution < 1.29 is 0 Å². The third-order valence-electron chi connectivity index (χ3n) is 2.95. The van der Waals surface area contributed by atoms with Crippen molar-refractivity contribution >= 4 is 22.5 Å². The highest BCUT2D eigenvalue weighted by Crippen LogP contribution is 2.24. The number of thiazole rings is 1. The average molecular weight is 267 g/mol. The molecule has 1 aromatic heterocycles. The number of likely N-dealkylation sites (N-methyl/N-ethyl adjacent to an activating group) is 1. The standard InChI is InChI=1S/C14H25N3S/c1-5-12(10-15-6-2)9-13-11-16-14(18-13)17(7-3)8-4/h9,11,15H,5-8,10H2,1-4H3. The first kappa shape index (κ1) is 15.2. The first-order valence-corrected chi connectivity index (χ1v) is 7.67. The van der Waals surface area contributed by atoms with E-state index in [1.165, 1.54) is 10.5 Å². The molecule has 1 aromatic rings. The molecule has 0 bridgehead atoms. The third kappa shape index (κ3) is 4.42. The molecule has 0 aliphatic heterocycles. The average Bonchev–Trinajstić information content (AvgIpc) is 2.84. The Bertz CT molecular complexity index is 367. The Labute approximate surface area is 115 Å². The minimum absolute atomic E-state index is 0.978. The smallest absolute Gasteiger partial charge is 0.185 e. The Morgan fingerprint density at radius 2 is 2.06 bits per heavy atom. The van der Waals surface area contributed by atoms with E-state index in [0.29, 0.717) is 0 Å². The molecule has 0 atom stereocenters. The molecule has 1 rings (SSSR count). The van der Waals surface area contributed by atoms with Crippen molar-refractivity contribution in [3.8, 4) is 0 Å². The molecular weight excluding hydrogens is 242 g/mol. The molecule has 0 saturated heterocycles. The van der Waals surface area contributed by atoms with E-state index in [2.05, 4.69) is 49.0 Å². The van der Waals surface area contributed by atoms with E-state index in [-0.39, 0.29) is 0 Å². The highest BCUT2D eigenvalue weighted by molar-refractivity contribution is 7.16. The predicted octanol–water partition coefficient (Wildman–Crippen LogP) is 3.39. The highest BCUT2D eigenvalue weighted by atomic mass is 32.1. The van der Waals surface area contributed by atoms with Crippen molar-refractivity contribution in [2.75, 3.05) is 31.1 Å². The van der Waals surface area contributed by atoms with Crippen LogP contribution in [0.1, 0.15) is 39.0 Å². The van der Waals surface area contributed by atoms with Crippen LogP contribution in [0.5, 0.6) is 0 Å². The van der Waals surface area contributed by atoms with Gasteiger partial charge in [-0.25, -0.2) is 4.98 Å². The van der Waals surface area contributed by atoms with Crippen LogP contribution in [0.4, 0.5) is 5.13 Å². The van der Waals surface area contributed by atoms with Crippen LogP contribution in [0.15, 0.2) is 11.8 Å². The fraction of sp³-hybridized carbons (Fsp3) is 0.643. The quantitative estimate of drug-likeness (QED) is 0.782. The molecule has 0 aliphatic carbocycles. The molecule has 0 spiro atoms. The summed E-state index contributed by atoms with van der Waals surface area (Å²) in [6, 6.07) is 0. The second-order valence-electron chi connectivity index (χ2n) is 4.15. The lowest BCUT2D eigenvalue weighted by Gasteiger charge is -2.16. The summed E-state index contributed by atoms with van der Waals surface area (Å²) in [6.07, 6.45) is 5.35. The second kappa shape index (κ2) is 8.27. The molecule has 102 valence electrons. The lowest BCUT2D eigenvalue weighted by molar-refractivity contribution is 0.762. The summed E-state index contributed by atoms with van der Waals surface area (Å²) in [7, 11) is 0. The highest BCUT2D eigenvalue weighted by Gasteiger charge is 2.06. The van der Waals surface area contributed by atoms with E-state index >= 15 is 0 Å². The normalized spacial score (nSPS) is 11.9. The van der Waals surface area contributed by atoms with E-state index in [0.717, 1.165) is 37.7 Å². The maximum absolute atomic E-state index is 4.51. The van der Waals surface area contributed by atoms with Crippen LogP contribution < -0.4 is 10.2 Å². The molecule has 4 heteroatoms. The minimum atomic E-state index is 0.978. The number of nitrogens with zero attached hydrogens (tertiary/aromatic N) is 2. The van der Waals surface area contributed by atoms with E-state index in [4.69, 9.17) is 0 Å². The van der Waals surface area contributed by atoms with Gasteiger partial charge in [0.25, 0.3) is 0 Å². The molecule has 0 aromatic carbocycles. The number of hydrogen-bond donors (Lipinski definition) is 1. The van der Waals surface area contributed by atoms with Gasteiger partial charge in [0, 0.05) is 30.7 Å². The van der Waals surface area contributed by atoms with Gasteiger partial charge in [0.15, 0.2) is 5.13 Å². The number of aromatic nitrogens is 1. The topological polar surface area (TPSA) is 28.2 Å². The lowest BCUT2D eigenvalue weighted by atomic mass is 10.2. The van der Waals surface area contributed by atoms with Crippen molar-refractivity contribution in [3.05, 3.63) is 16.6 Å². The summed E-state index contributed by atoms with van der Waals surface area (Å²) in [5, 5.41) is 4.51. The van der Waals surface area contributed by atoms with E-state index in [1.54, 1.807) is 11.3 Å². The van der Waals surface area contributed by atoms with Crippen LogP contribution >= 0.6 is 11.3 Å². The maximum Gasteiger partial charge on any atom is 0.185 e. The fourth-order valence-electron chi connectivity index (χ4n) is 1.75. The molecule has 1 heterocycles. The fourth-order valence-corrected chi connectivity index (χ4v) is 2.78. The van der Waals surface area contributed by atoms with Gasteiger partial charge < -0.3 is 10.2 Å². The summed E-state index contributed by atoms with van der Waals surface area (Å²) in [6.45, 7) is 12.7.